The zero-order valence-corrected chi connectivity index (χ0v) is 21.2. The van der Waals surface area contributed by atoms with Crippen LogP contribution >= 0.6 is 0 Å². The van der Waals surface area contributed by atoms with E-state index in [-0.39, 0.29) is 25.2 Å². The van der Waals surface area contributed by atoms with E-state index in [4.69, 9.17) is 9.47 Å². The van der Waals surface area contributed by atoms with Gasteiger partial charge >= 0.3 is 11.9 Å². The van der Waals surface area contributed by atoms with Crippen molar-refractivity contribution in [3.05, 3.63) is 0 Å². The molecule has 1 N–H and O–H groups in total. The average molecular weight is 457 g/mol. The van der Waals surface area contributed by atoms with E-state index < -0.39 is 6.10 Å². The molecule has 0 fully saturated rings. The van der Waals surface area contributed by atoms with Crippen molar-refractivity contribution in [3.63, 3.8) is 0 Å². The Hall–Kier alpha value is -1.10. The fourth-order valence-corrected chi connectivity index (χ4v) is 3.79. The summed E-state index contributed by atoms with van der Waals surface area (Å²) in [5.41, 5.74) is 0. The van der Waals surface area contributed by atoms with E-state index in [1.54, 1.807) is 0 Å². The predicted molar refractivity (Wildman–Crippen MR) is 132 cm³/mol. The standard InChI is InChI=1S/C27H52O5/c1-3-5-7-9-11-12-13-14-15-16-18-19-21-26(29)31-24-25(23-28)32-27(30)22-20-17-10-8-6-4-2/h25,28H,3-24H2,1-2H3/t25-/m0/s1. The normalized spacial score (nSPS) is 12.0. The molecule has 190 valence electrons. The van der Waals surface area contributed by atoms with E-state index in [1.165, 1.54) is 83.5 Å². The van der Waals surface area contributed by atoms with Crippen LogP contribution < -0.4 is 0 Å². The Labute approximate surface area is 198 Å². The van der Waals surface area contributed by atoms with Crippen molar-refractivity contribution >= 4 is 11.9 Å². The highest BCUT2D eigenvalue weighted by molar-refractivity contribution is 5.70. The van der Waals surface area contributed by atoms with Crippen LogP contribution in [0.4, 0.5) is 0 Å². The molecule has 0 aromatic rings. The van der Waals surface area contributed by atoms with Gasteiger partial charge in [-0.3, -0.25) is 9.59 Å². The molecular weight excluding hydrogens is 404 g/mol. The Morgan fingerprint density at radius 1 is 0.594 bits per heavy atom. The molecule has 5 nitrogen and oxygen atoms in total. The van der Waals surface area contributed by atoms with Gasteiger partial charge in [-0.15, -0.1) is 0 Å². The molecule has 1 atom stereocenters. The second-order valence-corrected chi connectivity index (χ2v) is 9.13. The van der Waals surface area contributed by atoms with Crippen molar-refractivity contribution in [2.24, 2.45) is 0 Å². The Bertz CT molecular complexity index is 424. The van der Waals surface area contributed by atoms with Crippen LogP contribution in [-0.2, 0) is 19.1 Å². The monoisotopic (exact) mass is 456 g/mol. The van der Waals surface area contributed by atoms with Gasteiger partial charge in [-0.05, 0) is 12.8 Å². The number of rotatable bonds is 24. The smallest absolute Gasteiger partial charge is 0.306 e. The number of esters is 2. The second-order valence-electron chi connectivity index (χ2n) is 9.13. The molecule has 0 amide bonds. The summed E-state index contributed by atoms with van der Waals surface area (Å²) in [4.78, 5) is 23.8. The molecule has 0 heterocycles. The zero-order chi connectivity index (χ0) is 23.7. The van der Waals surface area contributed by atoms with Crippen molar-refractivity contribution in [3.8, 4) is 0 Å². The van der Waals surface area contributed by atoms with Gasteiger partial charge in [0.25, 0.3) is 0 Å². The molecular formula is C27H52O5. The minimum absolute atomic E-state index is 0.0597. The third-order valence-electron chi connectivity index (χ3n) is 5.90. The first-order valence-electron chi connectivity index (χ1n) is 13.6. The van der Waals surface area contributed by atoms with Gasteiger partial charge in [-0.2, -0.15) is 0 Å². The molecule has 0 saturated heterocycles. The Kier molecular flexibility index (Phi) is 23.7. The van der Waals surface area contributed by atoms with Crippen LogP contribution in [0.2, 0.25) is 0 Å². The largest absolute Gasteiger partial charge is 0.462 e. The summed E-state index contributed by atoms with van der Waals surface area (Å²) in [7, 11) is 0. The third kappa shape index (κ3) is 22.1. The summed E-state index contributed by atoms with van der Waals surface area (Å²) >= 11 is 0. The Morgan fingerprint density at radius 3 is 1.38 bits per heavy atom. The molecule has 0 aliphatic rings. The lowest BCUT2D eigenvalue weighted by Gasteiger charge is -2.15. The van der Waals surface area contributed by atoms with Crippen molar-refractivity contribution in [2.45, 2.75) is 148 Å². The molecule has 32 heavy (non-hydrogen) atoms. The number of aliphatic hydroxyl groups excluding tert-OH is 1. The van der Waals surface area contributed by atoms with E-state index >= 15 is 0 Å². The molecule has 0 aromatic heterocycles. The predicted octanol–water partition coefficient (Wildman–Crippen LogP) is 7.28. The van der Waals surface area contributed by atoms with Gasteiger partial charge < -0.3 is 14.6 Å². The quantitative estimate of drug-likeness (QED) is 0.122. The molecule has 0 bridgehead atoms. The van der Waals surface area contributed by atoms with Gasteiger partial charge in [0.15, 0.2) is 6.10 Å². The number of carbonyl (C=O) groups is 2. The summed E-state index contributed by atoms with van der Waals surface area (Å²) in [6, 6.07) is 0. The number of unbranched alkanes of at least 4 members (excludes halogenated alkanes) is 16. The van der Waals surface area contributed by atoms with Crippen molar-refractivity contribution in [2.75, 3.05) is 13.2 Å². The molecule has 0 spiro atoms. The maximum Gasteiger partial charge on any atom is 0.306 e. The van der Waals surface area contributed by atoms with Crippen LogP contribution in [-0.4, -0.2) is 36.4 Å². The van der Waals surface area contributed by atoms with Crippen LogP contribution in [0, 0.1) is 0 Å². The highest BCUT2D eigenvalue weighted by atomic mass is 16.6. The first kappa shape index (κ1) is 30.9. The number of carbonyl (C=O) groups excluding carboxylic acids is 2. The molecule has 0 rings (SSSR count). The van der Waals surface area contributed by atoms with Crippen LogP contribution in [0.5, 0.6) is 0 Å². The molecule has 0 saturated carbocycles. The molecule has 0 unspecified atom stereocenters. The SMILES string of the molecule is CCCCCCCCCCCCCCC(=O)OC[C@H](CO)OC(=O)CCCCCCCC. The van der Waals surface area contributed by atoms with Crippen molar-refractivity contribution in [1.82, 2.24) is 0 Å². The van der Waals surface area contributed by atoms with Crippen LogP contribution in [0.15, 0.2) is 0 Å². The van der Waals surface area contributed by atoms with Gasteiger partial charge in [0.05, 0.1) is 6.61 Å². The van der Waals surface area contributed by atoms with Crippen LogP contribution in [0.3, 0.4) is 0 Å². The number of hydrogen-bond donors (Lipinski definition) is 1. The van der Waals surface area contributed by atoms with E-state index in [0.717, 1.165) is 32.1 Å². The van der Waals surface area contributed by atoms with Gasteiger partial charge in [0.1, 0.15) is 6.61 Å². The maximum atomic E-state index is 11.9. The molecule has 0 aromatic carbocycles. The minimum atomic E-state index is -0.756. The maximum absolute atomic E-state index is 11.9. The molecule has 0 aliphatic carbocycles. The first-order valence-corrected chi connectivity index (χ1v) is 13.6. The average Bonchev–Trinajstić information content (AvgIpc) is 2.79. The lowest BCUT2D eigenvalue weighted by atomic mass is 10.0. The number of hydrogen-bond acceptors (Lipinski definition) is 5. The highest BCUT2D eigenvalue weighted by Crippen LogP contribution is 2.13. The summed E-state index contributed by atoms with van der Waals surface area (Å²) in [5, 5.41) is 9.38. The first-order chi connectivity index (χ1) is 15.6. The Balaban J connectivity index is 3.57. The zero-order valence-electron chi connectivity index (χ0n) is 21.2. The molecule has 0 aliphatic heterocycles. The summed E-state index contributed by atoms with van der Waals surface area (Å²) in [6.45, 7) is 4.04. The van der Waals surface area contributed by atoms with Gasteiger partial charge in [0.2, 0.25) is 0 Å². The Morgan fingerprint density at radius 2 is 0.969 bits per heavy atom. The minimum Gasteiger partial charge on any atom is -0.462 e. The van der Waals surface area contributed by atoms with E-state index in [0.29, 0.717) is 12.8 Å². The summed E-state index contributed by atoms with van der Waals surface area (Å²) < 4.78 is 10.4. The summed E-state index contributed by atoms with van der Waals surface area (Å²) in [6.07, 6.45) is 21.7. The van der Waals surface area contributed by atoms with E-state index in [2.05, 4.69) is 13.8 Å². The number of aliphatic hydroxyl groups is 1. The lowest BCUT2D eigenvalue weighted by Crippen LogP contribution is -2.28. The van der Waals surface area contributed by atoms with E-state index in [1.807, 2.05) is 0 Å². The number of ether oxygens (including phenoxy) is 2. The fourth-order valence-electron chi connectivity index (χ4n) is 3.79. The fraction of sp³-hybridized carbons (Fsp3) is 0.926. The van der Waals surface area contributed by atoms with Crippen LogP contribution in [0.25, 0.3) is 0 Å². The third-order valence-corrected chi connectivity index (χ3v) is 5.90. The molecule has 0 radical (unpaired) electrons. The van der Waals surface area contributed by atoms with E-state index in [9.17, 15) is 14.7 Å². The van der Waals surface area contributed by atoms with Crippen molar-refractivity contribution in [1.29, 1.82) is 0 Å². The summed E-state index contributed by atoms with van der Waals surface area (Å²) in [5.74, 6) is -0.598. The van der Waals surface area contributed by atoms with Crippen LogP contribution in [0.1, 0.15) is 142 Å². The van der Waals surface area contributed by atoms with Gasteiger partial charge in [0, 0.05) is 12.8 Å². The van der Waals surface area contributed by atoms with Crippen molar-refractivity contribution < 1.29 is 24.2 Å². The van der Waals surface area contributed by atoms with Gasteiger partial charge in [-0.1, -0.05) is 117 Å². The van der Waals surface area contributed by atoms with Gasteiger partial charge in [-0.25, -0.2) is 0 Å². The lowest BCUT2D eigenvalue weighted by molar-refractivity contribution is -0.161. The topological polar surface area (TPSA) is 72.8 Å². The molecule has 5 heteroatoms. The highest BCUT2D eigenvalue weighted by Gasteiger charge is 2.16. The second kappa shape index (κ2) is 24.5.